The molecule has 2 N–H and O–H groups in total. The van der Waals surface area contributed by atoms with Crippen LogP contribution in [0.2, 0.25) is 0 Å². The van der Waals surface area contributed by atoms with Crippen LogP contribution in [0.3, 0.4) is 0 Å². The third kappa shape index (κ3) is 1.78. The molecule has 2 rings (SSSR count). The van der Waals surface area contributed by atoms with Crippen LogP contribution in [-0.4, -0.2) is 11.1 Å². The van der Waals surface area contributed by atoms with Crippen molar-refractivity contribution in [3.63, 3.8) is 0 Å². The van der Waals surface area contributed by atoms with E-state index in [1.165, 1.54) is 5.56 Å². The maximum atomic E-state index is 11.4. The number of fused-ring (bicyclic) bond motifs is 1. The van der Waals surface area contributed by atoms with Crippen LogP contribution in [0.1, 0.15) is 5.56 Å². The van der Waals surface area contributed by atoms with Crippen molar-refractivity contribution >= 4 is 10.9 Å². The highest BCUT2D eigenvalue weighted by molar-refractivity contribution is 5.79. The van der Waals surface area contributed by atoms with Gasteiger partial charge in [0.15, 0.2) is 0 Å². The van der Waals surface area contributed by atoms with Gasteiger partial charge in [-0.25, -0.2) is 0 Å². The number of pyridine rings is 1. The molecule has 0 radical (unpaired) electrons. The second-order valence-corrected chi connectivity index (χ2v) is 3.66. The van der Waals surface area contributed by atoms with Crippen LogP contribution in [0.5, 0.6) is 0 Å². The minimum Gasteiger partial charge on any atom is -0.330 e. The number of nitrogens with two attached hydrogens (primary N) is 1. The van der Waals surface area contributed by atoms with E-state index in [9.17, 15) is 4.79 Å². The third-order valence-corrected chi connectivity index (χ3v) is 2.63. The van der Waals surface area contributed by atoms with Crippen molar-refractivity contribution < 1.29 is 0 Å². The van der Waals surface area contributed by atoms with Crippen LogP contribution in [0.4, 0.5) is 0 Å². The summed E-state index contributed by atoms with van der Waals surface area (Å²) >= 11 is 0. The van der Waals surface area contributed by atoms with Gasteiger partial charge in [0.2, 0.25) is 0 Å². The van der Waals surface area contributed by atoms with Crippen molar-refractivity contribution in [2.45, 2.75) is 6.42 Å². The lowest BCUT2D eigenvalue weighted by molar-refractivity contribution is 0.901. The Morgan fingerprint density at radius 3 is 2.73 bits per heavy atom. The summed E-state index contributed by atoms with van der Waals surface area (Å²) in [6.07, 6.45) is 0.846. The quantitative estimate of drug-likeness (QED) is 0.791. The molecule has 0 atom stereocenters. The fraction of sp³-hybridized carbons (Fsp3) is 0.250. The average Bonchev–Trinajstić information content (AvgIpc) is 2.25. The molecular weight excluding hydrogens is 188 g/mol. The van der Waals surface area contributed by atoms with Crippen molar-refractivity contribution in [2.75, 3.05) is 6.54 Å². The normalized spacial score (nSPS) is 10.8. The molecule has 15 heavy (non-hydrogen) atoms. The first-order chi connectivity index (χ1) is 7.22. The van der Waals surface area contributed by atoms with Gasteiger partial charge in [-0.2, -0.15) is 0 Å². The molecule has 3 nitrogen and oxygen atoms in total. The summed E-state index contributed by atoms with van der Waals surface area (Å²) in [5, 5.41) is 1.08. The number of hydrogen-bond acceptors (Lipinski definition) is 2. The monoisotopic (exact) mass is 202 g/mol. The first-order valence-corrected chi connectivity index (χ1v) is 5.01. The largest absolute Gasteiger partial charge is 0.330 e. The number of aryl methyl sites for hydroxylation is 1. The Bertz CT molecular complexity index is 543. The number of benzene rings is 1. The van der Waals surface area contributed by atoms with Crippen molar-refractivity contribution in [3.8, 4) is 0 Å². The van der Waals surface area contributed by atoms with E-state index in [-0.39, 0.29) is 5.56 Å². The lowest BCUT2D eigenvalue weighted by atomic mass is 10.1. The third-order valence-electron chi connectivity index (χ3n) is 2.63. The summed E-state index contributed by atoms with van der Waals surface area (Å²) in [6, 6.07) is 9.55. The Labute approximate surface area is 88.1 Å². The minimum absolute atomic E-state index is 0.0207. The van der Waals surface area contributed by atoms with E-state index < -0.39 is 0 Å². The maximum absolute atomic E-state index is 11.4. The van der Waals surface area contributed by atoms with Gasteiger partial charge in [0, 0.05) is 13.1 Å². The van der Waals surface area contributed by atoms with Crippen molar-refractivity contribution in [3.05, 3.63) is 46.2 Å². The first-order valence-electron chi connectivity index (χ1n) is 5.01. The average molecular weight is 202 g/mol. The molecule has 0 saturated carbocycles. The highest BCUT2D eigenvalue weighted by Gasteiger charge is 2.00. The van der Waals surface area contributed by atoms with Gasteiger partial charge < -0.3 is 10.3 Å². The molecule has 78 valence electrons. The summed E-state index contributed by atoms with van der Waals surface area (Å²) in [7, 11) is 1.79. The molecule has 0 amide bonds. The Kier molecular flexibility index (Phi) is 2.56. The summed E-state index contributed by atoms with van der Waals surface area (Å²) in [5.41, 5.74) is 7.66. The molecule has 0 saturated heterocycles. The SMILES string of the molecule is Cn1c(=O)ccc2ccc(CCN)cc21. The molecule has 3 heteroatoms. The van der Waals surface area contributed by atoms with Crippen LogP contribution >= 0.6 is 0 Å². The van der Waals surface area contributed by atoms with Gasteiger partial charge in [0.25, 0.3) is 5.56 Å². The highest BCUT2D eigenvalue weighted by atomic mass is 16.1. The van der Waals surface area contributed by atoms with Gasteiger partial charge in [0.05, 0.1) is 5.52 Å². The van der Waals surface area contributed by atoms with Crippen LogP contribution < -0.4 is 11.3 Å². The zero-order valence-electron chi connectivity index (χ0n) is 8.73. The molecule has 0 aliphatic heterocycles. The molecule has 0 aliphatic rings. The van der Waals surface area contributed by atoms with E-state index in [4.69, 9.17) is 5.73 Å². The molecule has 0 unspecified atom stereocenters. The molecule has 1 heterocycles. The van der Waals surface area contributed by atoms with Gasteiger partial charge in [-0.05, 0) is 36.0 Å². The van der Waals surface area contributed by atoms with Gasteiger partial charge in [-0.15, -0.1) is 0 Å². The molecule has 0 aliphatic carbocycles. The molecule has 0 bridgehead atoms. The lowest BCUT2D eigenvalue weighted by Crippen LogP contribution is -2.15. The fourth-order valence-electron chi connectivity index (χ4n) is 1.73. The Morgan fingerprint density at radius 2 is 2.00 bits per heavy atom. The smallest absolute Gasteiger partial charge is 0.250 e. The van der Waals surface area contributed by atoms with Crippen molar-refractivity contribution in [1.82, 2.24) is 4.57 Å². The zero-order chi connectivity index (χ0) is 10.8. The number of nitrogens with zero attached hydrogens (tertiary/aromatic N) is 1. The summed E-state index contributed by atoms with van der Waals surface area (Å²) in [4.78, 5) is 11.4. The summed E-state index contributed by atoms with van der Waals surface area (Å²) < 4.78 is 1.66. The van der Waals surface area contributed by atoms with Gasteiger partial charge >= 0.3 is 0 Å². The standard InChI is InChI=1S/C12H14N2O/c1-14-11-8-9(6-7-13)2-3-10(11)4-5-12(14)15/h2-5,8H,6-7,13H2,1H3. The minimum atomic E-state index is 0.0207. The topological polar surface area (TPSA) is 48.0 Å². The predicted molar refractivity (Wildman–Crippen MR) is 61.9 cm³/mol. The van der Waals surface area contributed by atoms with E-state index >= 15 is 0 Å². The van der Waals surface area contributed by atoms with Crippen LogP contribution in [-0.2, 0) is 13.5 Å². The second-order valence-electron chi connectivity index (χ2n) is 3.66. The molecule has 1 aromatic heterocycles. The summed E-state index contributed by atoms with van der Waals surface area (Å²) in [5.74, 6) is 0. The van der Waals surface area contributed by atoms with Gasteiger partial charge in [0.1, 0.15) is 0 Å². The van der Waals surface area contributed by atoms with E-state index in [1.807, 2.05) is 18.2 Å². The van der Waals surface area contributed by atoms with Crippen molar-refractivity contribution in [2.24, 2.45) is 12.8 Å². The zero-order valence-corrected chi connectivity index (χ0v) is 8.73. The van der Waals surface area contributed by atoms with Crippen molar-refractivity contribution in [1.29, 1.82) is 0 Å². The number of hydrogen-bond donors (Lipinski definition) is 1. The van der Waals surface area contributed by atoms with Gasteiger partial charge in [-0.1, -0.05) is 12.1 Å². The maximum Gasteiger partial charge on any atom is 0.250 e. The van der Waals surface area contributed by atoms with Crippen LogP contribution in [0.25, 0.3) is 10.9 Å². The highest BCUT2D eigenvalue weighted by Crippen LogP contribution is 2.13. The molecule has 1 aromatic carbocycles. The Hall–Kier alpha value is -1.61. The molecule has 2 aromatic rings. The summed E-state index contributed by atoms with van der Waals surface area (Å²) in [6.45, 7) is 0.631. The molecule has 0 fully saturated rings. The fourth-order valence-corrected chi connectivity index (χ4v) is 1.73. The number of rotatable bonds is 2. The Morgan fingerprint density at radius 1 is 1.27 bits per heavy atom. The van der Waals surface area contributed by atoms with E-state index in [1.54, 1.807) is 17.7 Å². The van der Waals surface area contributed by atoms with E-state index in [2.05, 4.69) is 6.07 Å². The molecule has 0 spiro atoms. The predicted octanol–water partition coefficient (Wildman–Crippen LogP) is 1.04. The van der Waals surface area contributed by atoms with Crippen LogP contribution in [0.15, 0.2) is 35.1 Å². The lowest BCUT2D eigenvalue weighted by Gasteiger charge is -2.06. The Balaban J connectivity index is 2.68. The van der Waals surface area contributed by atoms with Crippen LogP contribution in [0, 0.1) is 0 Å². The first kappa shape index (κ1) is 9.93. The molecular formula is C12H14N2O. The van der Waals surface area contributed by atoms with Gasteiger partial charge in [-0.3, -0.25) is 4.79 Å². The van der Waals surface area contributed by atoms with E-state index in [0.29, 0.717) is 6.54 Å². The van der Waals surface area contributed by atoms with E-state index in [0.717, 1.165) is 17.3 Å². The second kappa shape index (κ2) is 3.87. The number of aromatic nitrogens is 1.